The molecule has 2 N–H and O–H groups in total. The van der Waals surface area contributed by atoms with Crippen LogP contribution in [0, 0.1) is 0 Å². The van der Waals surface area contributed by atoms with Crippen molar-refractivity contribution >= 4 is 46.3 Å². The lowest BCUT2D eigenvalue weighted by atomic mass is 10.2. The van der Waals surface area contributed by atoms with Gasteiger partial charge in [-0.2, -0.15) is 0 Å². The second-order valence-electron chi connectivity index (χ2n) is 4.34. The van der Waals surface area contributed by atoms with Crippen LogP contribution in [0.1, 0.15) is 13.0 Å². The lowest BCUT2D eigenvalue weighted by Crippen LogP contribution is -2.28. The molecule has 2 aromatic rings. The summed E-state index contributed by atoms with van der Waals surface area (Å²) in [6.07, 6.45) is 0. The third-order valence-corrected chi connectivity index (χ3v) is 4.21. The van der Waals surface area contributed by atoms with E-state index in [0.29, 0.717) is 21.2 Å². The molecule has 0 fully saturated rings. The smallest absolute Gasteiger partial charge is 0.313 e. The second-order valence-corrected chi connectivity index (χ2v) is 5.69. The van der Waals surface area contributed by atoms with Crippen LogP contribution in [0.3, 0.4) is 0 Å². The fraction of sp³-hybridized carbons (Fsp3) is 0.308. The van der Waals surface area contributed by atoms with Crippen LogP contribution in [-0.4, -0.2) is 39.3 Å². The number of rotatable bonds is 5. The molecule has 1 heterocycles. The third-order valence-electron chi connectivity index (χ3n) is 2.97. The van der Waals surface area contributed by atoms with Crippen LogP contribution in [0.4, 0.5) is 0 Å². The van der Waals surface area contributed by atoms with Gasteiger partial charge in [0, 0.05) is 7.05 Å². The minimum atomic E-state index is -0.947. The van der Waals surface area contributed by atoms with Crippen molar-refractivity contribution in [3.63, 3.8) is 0 Å². The Morgan fingerprint density at radius 1 is 1.52 bits per heavy atom. The van der Waals surface area contributed by atoms with E-state index >= 15 is 0 Å². The number of imidazole rings is 1. The number of para-hydroxylation sites is 1. The molecule has 1 aromatic heterocycles. The number of nitrogens with zero attached hydrogens (tertiary/aromatic N) is 2. The van der Waals surface area contributed by atoms with Gasteiger partial charge in [0.2, 0.25) is 5.91 Å². The molecule has 21 heavy (non-hydrogen) atoms. The number of halogens is 1. The largest absolute Gasteiger partial charge is 0.481 e. The first-order valence-corrected chi connectivity index (χ1v) is 7.54. The average Bonchev–Trinajstić information content (AvgIpc) is 2.83. The van der Waals surface area contributed by atoms with Crippen LogP contribution in [0.2, 0.25) is 5.02 Å². The van der Waals surface area contributed by atoms with Gasteiger partial charge in [0.15, 0.2) is 5.16 Å². The normalized spacial score (nSPS) is 12.3. The fourth-order valence-corrected chi connectivity index (χ4v) is 3.06. The van der Waals surface area contributed by atoms with Crippen molar-refractivity contribution in [1.82, 2.24) is 14.9 Å². The zero-order valence-corrected chi connectivity index (χ0v) is 13.0. The number of hydrogen-bond acceptors (Lipinski definition) is 4. The maximum absolute atomic E-state index is 11.9. The number of carbonyl (C=O) groups excluding carboxylic acids is 1. The summed E-state index contributed by atoms with van der Waals surface area (Å²) in [7, 11) is 1.55. The Kier molecular flexibility index (Phi) is 4.74. The Bertz CT molecular complexity index is 701. The lowest BCUT2D eigenvalue weighted by molar-refractivity contribution is -0.133. The summed E-state index contributed by atoms with van der Waals surface area (Å²) in [5.74, 6) is -1.29. The molecule has 112 valence electrons. The first kappa shape index (κ1) is 15.7. The highest BCUT2D eigenvalue weighted by atomic mass is 35.5. The summed E-state index contributed by atoms with van der Waals surface area (Å²) in [5, 5.41) is 12.3. The molecule has 6 nitrogen and oxygen atoms in total. The molecule has 1 atom stereocenters. The highest BCUT2D eigenvalue weighted by Gasteiger charge is 2.23. The number of aromatic nitrogens is 2. The van der Waals surface area contributed by atoms with Gasteiger partial charge >= 0.3 is 5.97 Å². The number of hydrogen-bond donors (Lipinski definition) is 2. The Morgan fingerprint density at radius 2 is 2.24 bits per heavy atom. The topological polar surface area (TPSA) is 84.2 Å². The minimum Gasteiger partial charge on any atom is -0.481 e. The third kappa shape index (κ3) is 3.14. The summed E-state index contributed by atoms with van der Waals surface area (Å²) < 4.78 is 1.67. The van der Waals surface area contributed by atoms with E-state index in [-0.39, 0.29) is 11.7 Å². The van der Waals surface area contributed by atoms with E-state index < -0.39 is 12.0 Å². The van der Waals surface area contributed by atoms with Crippen molar-refractivity contribution in [2.24, 2.45) is 0 Å². The predicted molar refractivity (Wildman–Crippen MR) is 81.9 cm³/mol. The molecule has 0 spiro atoms. The zero-order valence-electron chi connectivity index (χ0n) is 11.5. The number of amides is 1. The van der Waals surface area contributed by atoms with Crippen LogP contribution < -0.4 is 5.32 Å². The van der Waals surface area contributed by atoms with Gasteiger partial charge in [-0.3, -0.25) is 9.59 Å². The van der Waals surface area contributed by atoms with Crippen molar-refractivity contribution < 1.29 is 14.7 Å². The number of likely N-dealkylation sites (N-methyl/N-ethyl adjacent to an activating group) is 1. The van der Waals surface area contributed by atoms with Crippen LogP contribution in [0.5, 0.6) is 0 Å². The molecule has 0 saturated carbocycles. The van der Waals surface area contributed by atoms with E-state index in [1.807, 2.05) is 0 Å². The Morgan fingerprint density at radius 3 is 2.86 bits per heavy atom. The van der Waals surface area contributed by atoms with Gasteiger partial charge in [-0.25, -0.2) is 4.98 Å². The van der Waals surface area contributed by atoms with E-state index in [1.165, 1.54) is 0 Å². The second kappa shape index (κ2) is 6.36. The summed E-state index contributed by atoms with van der Waals surface area (Å²) in [6, 6.07) is 4.71. The summed E-state index contributed by atoms with van der Waals surface area (Å²) in [4.78, 5) is 27.1. The summed E-state index contributed by atoms with van der Waals surface area (Å²) >= 11 is 7.27. The Balaban J connectivity index is 2.58. The van der Waals surface area contributed by atoms with E-state index in [2.05, 4.69) is 10.3 Å². The molecule has 0 aliphatic heterocycles. The first-order chi connectivity index (χ1) is 9.95. The molecule has 2 rings (SSSR count). The first-order valence-electron chi connectivity index (χ1n) is 6.18. The van der Waals surface area contributed by atoms with Crippen molar-refractivity contribution in [2.45, 2.75) is 18.1 Å². The molecule has 0 aliphatic rings. The van der Waals surface area contributed by atoms with Crippen LogP contribution in [-0.2, 0) is 9.59 Å². The summed E-state index contributed by atoms with van der Waals surface area (Å²) in [6.45, 7) is 1.72. The quantitative estimate of drug-likeness (QED) is 0.822. The van der Waals surface area contributed by atoms with E-state index in [0.717, 1.165) is 11.8 Å². The summed E-state index contributed by atoms with van der Waals surface area (Å²) in [5.41, 5.74) is 1.26. The zero-order chi connectivity index (χ0) is 15.6. The standard InChI is InChI=1S/C13H14ClN3O3S/c1-7(12(20)15-2)17-11-8(14)4-3-5-9(11)16-13(17)21-6-10(18)19/h3-5,7H,6H2,1-2H3,(H,15,20)(H,18,19). The van der Waals surface area contributed by atoms with Gasteiger partial charge in [-0.15, -0.1) is 0 Å². The molecule has 1 unspecified atom stereocenters. The van der Waals surface area contributed by atoms with Crippen LogP contribution in [0.15, 0.2) is 23.4 Å². The molecule has 1 amide bonds. The van der Waals surface area contributed by atoms with Gasteiger partial charge < -0.3 is 15.0 Å². The van der Waals surface area contributed by atoms with Gasteiger partial charge in [-0.05, 0) is 19.1 Å². The highest BCUT2D eigenvalue weighted by Crippen LogP contribution is 2.32. The van der Waals surface area contributed by atoms with Crippen molar-refractivity contribution in [2.75, 3.05) is 12.8 Å². The SMILES string of the molecule is CNC(=O)C(C)n1c(SCC(=O)O)nc2cccc(Cl)c21. The number of carbonyl (C=O) groups is 2. The molecule has 0 aliphatic carbocycles. The number of aliphatic carboxylic acids is 1. The van der Waals surface area contributed by atoms with Gasteiger partial charge in [-0.1, -0.05) is 29.4 Å². The highest BCUT2D eigenvalue weighted by molar-refractivity contribution is 7.99. The van der Waals surface area contributed by atoms with E-state index in [1.54, 1.807) is 36.7 Å². The number of fused-ring (bicyclic) bond motifs is 1. The number of benzene rings is 1. The van der Waals surface area contributed by atoms with E-state index in [4.69, 9.17) is 16.7 Å². The monoisotopic (exact) mass is 327 g/mol. The van der Waals surface area contributed by atoms with Gasteiger partial charge in [0.25, 0.3) is 0 Å². The number of nitrogens with one attached hydrogen (secondary N) is 1. The maximum atomic E-state index is 11.9. The predicted octanol–water partition coefficient (Wildman–Crippen LogP) is 2.17. The molecule has 0 bridgehead atoms. The van der Waals surface area contributed by atoms with E-state index in [9.17, 15) is 9.59 Å². The molecular weight excluding hydrogens is 314 g/mol. The lowest BCUT2D eigenvalue weighted by Gasteiger charge is -2.16. The van der Waals surface area contributed by atoms with Crippen molar-refractivity contribution in [1.29, 1.82) is 0 Å². The van der Waals surface area contributed by atoms with Gasteiger partial charge in [0.05, 0.1) is 21.8 Å². The Hall–Kier alpha value is -1.73. The molecule has 1 aromatic carbocycles. The average molecular weight is 328 g/mol. The number of carboxylic acids is 1. The fourth-order valence-electron chi connectivity index (χ4n) is 2.00. The number of thioether (sulfide) groups is 1. The molecule has 0 radical (unpaired) electrons. The molecule has 0 saturated heterocycles. The van der Waals surface area contributed by atoms with Gasteiger partial charge in [0.1, 0.15) is 6.04 Å². The molecular formula is C13H14ClN3O3S. The van der Waals surface area contributed by atoms with Crippen molar-refractivity contribution in [3.05, 3.63) is 23.2 Å². The number of carboxylic acid groups (broad SMARTS) is 1. The minimum absolute atomic E-state index is 0.137. The van der Waals surface area contributed by atoms with Crippen LogP contribution >= 0.6 is 23.4 Å². The Labute approximate surface area is 130 Å². The van der Waals surface area contributed by atoms with Crippen molar-refractivity contribution in [3.8, 4) is 0 Å². The molecule has 8 heteroatoms. The maximum Gasteiger partial charge on any atom is 0.313 e. The van der Waals surface area contributed by atoms with Crippen LogP contribution in [0.25, 0.3) is 11.0 Å².